The van der Waals surface area contributed by atoms with Crippen LogP contribution in [-0.2, 0) is 39.9 Å². The highest BCUT2D eigenvalue weighted by Gasteiger charge is 2.45. The van der Waals surface area contributed by atoms with Gasteiger partial charge in [-0.25, -0.2) is 0 Å². The van der Waals surface area contributed by atoms with E-state index in [0.29, 0.717) is 78.3 Å². The first kappa shape index (κ1) is 31.3. The molecular weight excluding hydrogens is 546 g/mol. The first-order valence-corrected chi connectivity index (χ1v) is 14.1. The third kappa shape index (κ3) is 8.91. The summed E-state index contributed by atoms with van der Waals surface area (Å²) in [6.07, 6.45) is 0.186. The Hall–Kier alpha value is -3.68. The highest BCUT2D eigenvalue weighted by atomic mass is 16.6. The van der Waals surface area contributed by atoms with E-state index >= 15 is 0 Å². The molecule has 2 N–H and O–H groups in total. The zero-order valence-corrected chi connectivity index (χ0v) is 23.5. The van der Waals surface area contributed by atoms with E-state index in [9.17, 15) is 19.2 Å². The van der Waals surface area contributed by atoms with E-state index in [1.165, 1.54) is 0 Å². The number of ether oxygens (including phenoxy) is 5. The Kier molecular flexibility index (Phi) is 12.4. The third-order valence-electron chi connectivity index (χ3n) is 6.63. The number of anilines is 1. The molecule has 4 rings (SSSR count). The van der Waals surface area contributed by atoms with Crippen molar-refractivity contribution in [2.24, 2.45) is 0 Å². The number of imide groups is 2. The van der Waals surface area contributed by atoms with Crippen LogP contribution >= 0.6 is 0 Å². The molecular formula is C30H37N3O9. The van der Waals surface area contributed by atoms with Crippen LogP contribution in [0.3, 0.4) is 0 Å². The Balaban J connectivity index is 1.00. The van der Waals surface area contributed by atoms with E-state index in [1.807, 2.05) is 30.3 Å². The van der Waals surface area contributed by atoms with E-state index < -0.39 is 29.7 Å². The van der Waals surface area contributed by atoms with Crippen LogP contribution in [0.2, 0.25) is 0 Å². The number of hydrogen-bond donors (Lipinski definition) is 2. The maximum absolute atomic E-state index is 13.1. The van der Waals surface area contributed by atoms with Gasteiger partial charge in [-0.3, -0.25) is 29.4 Å². The molecule has 0 aromatic heterocycles. The number of fused-ring (bicyclic) bond motifs is 1. The van der Waals surface area contributed by atoms with Gasteiger partial charge >= 0.3 is 0 Å². The standard InChI is InChI=1S/C30H37N3O9/c34-26-10-9-25(28(35)32-26)33-29(36)23-7-4-8-24(27(23)30(33)37)31-11-12-38-13-14-39-15-16-40-17-18-41-19-20-42-21-22-5-2-1-3-6-22/h1-8,25,31H,9-21H2,(H,32,34,35). The molecule has 1 atom stereocenters. The smallest absolute Gasteiger partial charge is 0.264 e. The second kappa shape index (κ2) is 16.7. The molecule has 2 aromatic carbocycles. The average Bonchev–Trinajstić information content (AvgIpc) is 3.25. The van der Waals surface area contributed by atoms with E-state index in [1.54, 1.807) is 18.2 Å². The molecule has 0 radical (unpaired) electrons. The van der Waals surface area contributed by atoms with Crippen molar-refractivity contribution in [3.63, 3.8) is 0 Å². The molecule has 2 aliphatic rings. The van der Waals surface area contributed by atoms with Gasteiger partial charge in [-0.1, -0.05) is 36.4 Å². The molecule has 2 aromatic rings. The van der Waals surface area contributed by atoms with Crippen molar-refractivity contribution < 1.29 is 42.9 Å². The number of carbonyl (C=O) groups excluding carboxylic acids is 4. The minimum Gasteiger partial charge on any atom is -0.382 e. The number of amides is 4. The molecule has 4 amide bonds. The zero-order valence-electron chi connectivity index (χ0n) is 23.5. The summed E-state index contributed by atoms with van der Waals surface area (Å²) < 4.78 is 27.6. The predicted octanol–water partition coefficient (Wildman–Crippen LogP) is 1.78. The fourth-order valence-electron chi connectivity index (χ4n) is 4.56. The third-order valence-corrected chi connectivity index (χ3v) is 6.63. The molecule has 0 saturated carbocycles. The summed E-state index contributed by atoms with van der Waals surface area (Å²) in [6, 6.07) is 13.9. The lowest BCUT2D eigenvalue weighted by atomic mass is 10.0. The molecule has 2 aliphatic heterocycles. The van der Waals surface area contributed by atoms with Gasteiger partial charge in [0.2, 0.25) is 11.8 Å². The van der Waals surface area contributed by atoms with Gasteiger partial charge in [0.15, 0.2) is 0 Å². The molecule has 1 fully saturated rings. The van der Waals surface area contributed by atoms with E-state index in [0.717, 1.165) is 10.5 Å². The number of hydrogen-bond acceptors (Lipinski definition) is 10. The molecule has 0 bridgehead atoms. The minimum absolute atomic E-state index is 0.0738. The van der Waals surface area contributed by atoms with Gasteiger partial charge in [-0.15, -0.1) is 0 Å². The van der Waals surface area contributed by atoms with Crippen molar-refractivity contribution >= 4 is 29.3 Å². The van der Waals surface area contributed by atoms with Crippen LogP contribution in [0.15, 0.2) is 48.5 Å². The molecule has 2 heterocycles. The normalized spacial score (nSPS) is 16.6. The number of piperidine rings is 1. The quantitative estimate of drug-likeness (QED) is 0.186. The zero-order chi connectivity index (χ0) is 29.6. The summed E-state index contributed by atoms with van der Waals surface area (Å²) >= 11 is 0. The lowest BCUT2D eigenvalue weighted by molar-refractivity contribution is -0.136. The van der Waals surface area contributed by atoms with Gasteiger partial charge in [0.25, 0.3) is 11.8 Å². The molecule has 12 nitrogen and oxygen atoms in total. The summed E-state index contributed by atoms with van der Waals surface area (Å²) in [5.41, 5.74) is 2.07. The van der Waals surface area contributed by atoms with Crippen LogP contribution in [0.5, 0.6) is 0 Å². The SMILES string of the molecule is O=C1CCC(N2C(=O)c3cccc(NCCOCCOCCOCCOCCOCc4ccccc4)c3C2=O)C(=O)N1. The summed E-state index contributed by atoms with van der Waals surface area (Å²) in [6.45, 7) is 5.04. The number of carbonyl (C=O) groups is 4. The van der Waals surface area contributed by atoms with Crippen LogP contribution in [0.25, 0.3) is 0 Å². The Labute approximate surface area is 244 Å². The summed E-state index contributed by atoms with van der Waals surface area (Å²) in [5.74, 6) is -2.14. The summed E-state index contributed by atoms with van der Waals surface area (Å²) in [7, 11) is 0. The fraction of sp³-hybridized carbons (Fsp3) is 0.467. The average molecular weight is 584 g/mol. The van der Waals surface area contributed by atoms with Gasteiger partial charge in [-0.05, 0) is 24.1 Å². The Morgan fingerprint density at radius 3 is 1.98 bits per heavy atom. The van der Waals surface area contributed by atoms with E-state index in [2.05, 4.69) is 10.6 Å². The van der Waals surface area contributed by atoms with Crippen molar-refractivity contribution in [2.75, 3.05) is 71.3 Å². The molecule has 0 spiro atoms. The second-order valence-electron chi connectivity index (χ2n) is 9.59. The monoisotopic (exact) mass is 583 g/mol. The highest BCUT2D eigenvalue weighted by molar-refractivity contribution is 6.25. The maximum atomic E-state index is 13.1. The topological polar surface area (TPSA) is 142 Å². The van der Waals surface area contributed by atoms with Gasteiger partial charge in [0.05, 0.1) is 77.2 Å². The Morgan fingerprint density at radius 1 is 0.714 bits per heavy atom. The molecule has 1 unspecified atom stereocenters. The van der Waals surface area contributed by atoms with Gasteiger partial charge < -0.3 is 29.0 Å². The molecule has 226 valence electrons. The maximum Gasteiger partial charge on any atom is 0.264 e. The van der Waals surface area contributed by atoms with Gasteiger partial charge in [-0.2, -0.15) is 0 Å². The van der Waals surface area contributed by atoms with E-state index in [-0.39, 0.29) is 24.0 Å². The van der Waals surface area contributed by atoms with Crippen molar-refractivity contribution in [3.8, 4) is 0 Å². The molecule has 12 heteroatoms. The lowest BCUT2D eigenvalue weighted by Crippen LogP contribution is -2.54. The van der Waals surface area contributed by atoms with Crippen LogP contribution in [0.1, 0.15) is 39.1 Å². The Bertz CT molecular complexity index is 1210. The van der Waals surface area contributed by atoms with Gasteiger partial charge in [0.1, 0.15) is 6.04 Å². The first-order chi connectivity index (χ1) is 20.6. The van der Waals surface area contributed by atoms with Crippen LogP contribution in [0.4, 0.5) is 5.69 Å². The summed E-state index contributed by atoms with van der Waals surface area (Å²) in [5, 5.41) is 5.33. The van der Waals surface area contributed by atoms with Crippen molar-refractivity contribution in [1.82, 2.24) is 10.2 Å². The highest BCUT2D eigenvalue weighted by Crippen LogP contribution is 2.32. The predicted molar refractivity (Wildman–Crippen MR) is 151 cm³/mol. The van der Waals surface area contributed by atoms with Gasteiger partial charge in [0, 0.05) is 18.7 Å². The van der Waals surface area contributed by atoms with E-state index in [4.69, 9.17) is 23.7 Å². The largest absolute Gasteiger partial charge is 0.382 e. The first-order valence-electron chi connectivity index (χ1n) is 14.1. The minimum atomic E-state index is -1.000. The lowest BCUT2D eigenvalue weighted by Gasteiger charge is -2.27. The molecule has 0 aliphatic carbocycles. The number of nitrogens with zero attached hydrogens (tertiary/aromatic N) is 1. The van der Waals surface area contributed by atoms with Crippen molar-refractivity contribution in [3.05, 3.63) is 65.2 Å². The van der Waals surface area contributed by atoms with Crippen molar-refractivity contribution in [2.45, 2.75) is 25.5 Å². The number of benzene rings is 2. The number of rotatable bonds is 19. The van der Waals surface area contributed by atoms with Crippen LogP contribution in [-0.4, -0.2) is 101 Å². The molecule has 1 saturated heterocycles. The van der Waals surface area contributed by atoms with Crippen LogP contribution < -0.4 is 10.6 Å². The Morgan fingerprint density at radius 2 is 1.33 bits per heavy atom. The number of nitrogens with one attached hydrogen (secondary N) is 2. The van der Waals surface area contributed by atoms with Crippen LogP contribution in [0, 0.1) is 0 Å². The van der Waals surface area contributed by atoms with Crippen molar-refractivity contribution in [1.29, 1.82) is 0 Å². The second-order valence-corrected chi connectivity index (χ2v) is 9.59. The summed E-state index contributed by atoms with van der Waals surface area (Å²) in [4.78, 5) is 50.7. The molecule has 42 heavy (non-hydrogen) atoms. The fourth-order valence-corrected chi connectivity index (χ4v) is 4.56.